The Labute approximate surface area is 203 Å². The Balaban J connectivity index is 1.66. The van der Waals surface area contributed by atoms with Gasteiger partial charge in [0.15, 0.2) is 5.11 Å². The van der Waals surface area contributed by atoms with Gasteiger partial charge >= 0.3 is 0 Å². The van der Waals surface area contributed by atoms with E-state index >= 15 is 0 Å². The lowest BCUT2D eigenvalue weighted by Crippen LogP contribution is -2.31. The zero-order chi connectivity index (χ0) is 23.7. The molecule has 170 valence electrons. The lowest BCUT2D eigenvalue weighted by molar-refractivity contribution is -0.113. The first kappa shape index (κ1) is 23.0. The Morgan fingerprint density at radius 3 is 2.61 bits per heavy atom. The molecule has 6 nitrogen and oxygen atoms in total. The number of rotatable bonds is 6. The monoisotopic (exact) mass is 480 g/mol. The summed E-state index contributed by atoms with van der Waals surface area (Å²) in [5.74, 6) is 0.559. The van der Waals surface area contributed by atoms with Crippen LogP contribution in [-0.2, 0) is 17.8 Å². The zero-order valence-electron chi connectivity index (χ0n) is 19.0. The molecule has 33 heavy (non-hydrogen) atoms. The van der Waals surface area contributed by atoms with Crippen LogP contribution in [0.15, 0.2) is 48.2 Å². The van der Waals surface area contributed by atoms with Crippen molar-refractivity contribution in [2.45, 2.75) is 33.7 Å². The Kier molecular flexibility index (Phi) is 6.54. The van der Waals surface area contributed by atoms with E-state index in [1.807, 2.05) is 61.0 Å². The molecular weight excluding hydrogens is 456 g/mol. The van der Waals surface area contributed by atoms with Crippen LogP contribution in [0.5, 0.6) is 5.75 Å². The number of aryl methyl sites for hydroxylation is 2. The van der Waals surface area contributed by atoms with Crippen LogP contribution >= 0.6 is 23.8 Å². The number of nitrogens with one attached hydrogen (secondary N) is 1. The average molecular weight is 481 g/mol. The largest absolute Gasteiger partial charge is 0.496 e. The molecule has 0 atom stereocenters. The van der Waals surface area contributed by atoms with Crippen molar-refractivity contribution in [3.8, 4) is 5.75 Å². The summed E-state index contributed by atoms with van der Waals surface area (Å²) in [4.78, 5) is 14.8. The standard InChI is InChI=1S/C25H25ClN4O2S/c1-5-18-8-6-7-9-21(18)30-24(31)20(27-25(30)33)13-17-10-11-22(32-4)19(12-17)14-29-16(3)23(26)15(2)28-29/h6-13H,5,14H2,1-4H3,(H,27,33)/b20-13+. The summed E-state index contributed by atoms with van der Waals surface area (Å²) in [6, 6.07) is 13.6. The number of benzene rings is 2. The van der Waals surface area contributed by atoms with Gasteiger partial charge in [-0.15, -0.1) is 0 Å². The van der Waals surface area contributed by atoms with E-state index in [2.05, 4.69) is 17.3 Å². The number of thiocarbonyl (C=S) groups is 1. The first-order valence-electron chi connectivity index (χ1n) is 10.7. The van der Waals surface area contributed by atoms with E-state index in [1.54, 1.807) is 18.1 Å². The fraction of sp³-hybridized carbons (Fsp3) is 0.240. The van der Waals surface area contributed by atoms with Crippen molar-refractivity contribution in [2.75, 3.05) is 12.0 Å². The minimum atomic E-state index is -0.177. The molecule has 1 saturated heterocycles. The van der Waals surface area contributed by atoms with Crippen LogP contribution in [0.3, 0.4) is 0 Å². The Bertz CT molecular complexity index is 1280. The van der Waals surface area contributed by atoms with Gasteiger partial charge in [0, 0.05) is 5.56 Å². The molecule has 4 rings (SSSR count). The Morgan fingerprint density at radius 2 is 1.94 bits per heavy atom. The molecule has 1 aliphatic rings. The van der Waals surface area contributed by atoms with Gasteiger partial charge in [0.25, 0.3) is 5.91 Å². The molecule has 1 N–H and O–H groups in total. The van der Waals surface area contributed by atoms with Gasteiger partial charge < -0.3 is 10.1 Å². The second-order valence-corrected chi connectivity index (χ2v) is 8.59. The van der Waals surface area contributed by atoms with E-state index in [1.165, 1.54) is 0 Å². The third-order valence-electron chi connectivity index (χ3n) is 5.72. The molecule has 2 aromatic carbocycles. The molecular formula is C25H25ClN4O2S. The summed E-state index contributed by atoms with van der Waals surface area (Å²) in [7, 11) is 1.63. The summed E-state index contributed by atoms with van der Waals surface area (Å²) in [6.45, 7) is 6.37. The molecule has 0 spiro atoms. The van der Waals surface area contributed by atoms with Gasteiger partial charge in [-0.05, 0) is 67.9 Å². The minimum absolute atomic E-state index is 0.177. The summed E-state index contributed by atoms with van der Waals surface area (Å²) < 4.78 is 7.40. The molecule has 0 radical (unpaired) electrons. The number of halogens is 1. The van der Waals surface area contributed by atoms with E-state index in [-0.39, 0.29) is 5.91 Å². The molecule has 1 fully saturated rings. The van der Waals surface area contributed by atoms with E-state index in [9.17, 15) is 4.79 Å². The van der Waals surface area contributed by atoms with Crippen LogP contribution in [0, 0.1) is 13.8 Å². The first-order valence-corrected chi connectivity index (χ1v) is 11.4. The van der Waals surface area contributed by atoms with Crippen molar-refractivity contribution >= 4 is 46.6 Å². The average Bonchev–Trinajstić information content (AvgIpc) is 3.22. The van der Waals surface area contributed by atoms with Crippen molar-refractivity contribution in [1.82, 2.24) is 15.1 Å². The predicted octanol–water partition coefficient (Wildman–Crippen LogP) is 5.03. The van der Waals surface area contributed by atoms with Gasteiger partial charge in [0.1, 0.15) is 11.4 Å². The van der Waals surface area contributed by atoms with E-state index in [0.717, 1.165) is 45.9 Å². The molecule has 1 amide bonds. The molecule has 8 heteroatoms. The second-order valence-electron chi connectivity index (χ2n) is 7.82. The number of carbonyl (C=O) groups is 1. The summed E-state index contributed by atoms with van der Waals surface area (Å²) >= 11 is 11.8. The van der Waals surface area contributed by atoms with Gasteiger partial charge in [-0.2, -0.15) is 5.10 Å². The molecule has 1 aromatic heterocycles. The summed E-state index contributed by atoms with van der Waals surface area (Å²) in [6.07, 6.45) is 2.61. The minimum Gasteiger partial charge on any atom is -0.496 e. The van der Waals surface area contributed by atoms with Crippen LogP contribution in [0.1, 0.15) is 35.0 Å². The van der Waals surface area contributed by atoms with Gasteiger partial charge in [-0.3, -0.25) is 14.4 Å². The maximum absolute atomic E-state index is 13.2. The molecule has 3 aromatic rings. The smallest absolute Gasteiger partial charge is 0.281 e. The van der Waals surface area contributed by atoms with Gasteiger partial charge in [-0.1, -0.05) is 42.8 Å². The first-order chi connectivity index (χ1) is 15.8. The van der Waals surface area contributed by atoms with Crippen molar-refractivity contribution in [3.63, 3.8) is 0 Å². The number of carbonyl (C=O) groups excluding carboxylic acids is 1. The molecule has 0 unspecified atom stereocenters. The number of para-hydroxylation sites is 1. The Hall–Kier alpha value is -3.16. The highest BCUT2D eigenvalue weighted by Crippen LogP contribution is 2.28. The van der Waals surface area contributed by atoms with E-state index in [4.69, 9.17) is 28.6 Å². The molecule has 1 aliphatic heterocycles. The number of methoxy groups -OCH3 is 1. The van der Waals surface area contributed by atoms with Crippen molar-refractivity contribution in [3.05, 3.63) is 81.3 Å². The van der Waals surface area contributed by atoms with Crippen LogP contribution in [0.25, 0.3) is 6.08 Å². The van der Waals surface area contributed by atoms with Gasteiger partial charge in [0.2, 0.25) is 0 Å². The zero-order valence-corrected chi connectivity index (χ0v) is 20.5. The number of amides is 1. The van der Waals surface area contributed by atoms with Crippen molar-refractivity contribution < 1.29 is 9.53 Å². The fourth-order valence-corrected chi connectivity index (χ4v) is 4.38. The highest BCUT2D eigenvalue weighted by Gasteiger charge is 2.33. The predicted molar refractivity (Wildman–Crippen MR) is 136 cm³/mol. The normalized spacial score (nSPS) is 14.8. The number of aromatic nitrogens is 2. The molecule has 0 aliphatic carbocycles. The van der Waals surface area contributed by atoms with Crippen molar-refractivity contribution in [1.29, 1.82) is 0 Å². The lowest BCUT2D eigenvalue weighted by atomic mass is 10.1. The van der Waals surface area contributed by atoms with Gasteiger partial charge in [0.05, 0.1) is 35.8 Å². The Morgan fingerprint density at radius 1 is 1.18 bits per heavy atom. The number of nitrogens with zero attached hydrogens (tertiary/aromatic N) is 3. The third kappa shape index (κ3) is 4.38. The highest BCUT2D eigenvalue weighted by atomic mass is 35.5. The number of hydrogen-bond donors (Lipinski definition) is 1. The number of ether oxygens (including phenoxy) is 1. The highest BCUT2D eigenvalue weighted by molar-refractivity contribution is 7.80. The van der Waals surface area contributed by atoms with Crippen LogP contribution in [0.4, 0.5) is 5.69 Å². The van der Waals surface area contributed by atoms with Crippen molar-refractivity contribution in [2.24, 2.45) is 0 Å². The maximum Gasteiger partial charge on any atom is 0.281 e. The van der Waals surface area contributed by atoms with E-state index < -0.39 is 0 Å². The number of hydrogen-bond acceptors (Lipinski definition) is 4. The number of anilines is 1. The topological polar surface area (TPSA) is 59.4 Å². The van der Waals surface area contributed by atoms with Crippen LogP contribution in [0.2, 0.25) is 5.02 Å². The SMILES string of the molecule is CCc1ccccc1N1C(=O)/C(=C\c2ccc(OC)c(Cn3nc(C)c(Cl)c3C)c2)NC1=S. The van der Waals surface area contributed by atoms with Gasteiger partial charge in [-0.25, -0.2) is 0 Å². The third-order valence-corrected chi connectivity index (χ3v) is 6.55. The molecule has 2 heterocycles. The summed E-state index contributed by atoms with van der Waals surface area (Å²) in [5.41, 5.74) is 5.75. The molecule has 0 saturated carbocycles. The quantitative estimate of drug-likeness (QED) is 0.396. The van der Waals surface area contributed by atoms with E-state index in [0.29, 0.717) is 22.4 Å². The summed E-state index contributed by atoms with van der Waals surface area (Å²) in [5, 5.41) is 8.63. The molecule has 0 bridgehead atoms. The van der Waals surface area contributed by atoms with Crippen LogP contribution in [-0.4, -0.2) is 27.9 Å². The lowest BCUT2D eigenvalue weighted by Gasteiger charge is -2.17. The van der Waals surface area contributed by atoms with Crippen LogP contribution < -0.4 is 15.0 Å². The maximum atomic E-state index is 13.2. The second kappa shape index (κ2) is 9.37. The fourth-order valence-electron chi connectivity index (χ4n) is 3.95.